The van der Waals surface area contributed by atoms with Crippen LogP contribution >= 0.6 is 15.9 Å². The molecule has 3 rings (SSSR count). The van der Waals surface area contributed by atoms with Gasteiger partial charge in [0, 0.05) is 23.2 Å². The lowest BCUT2D eigenvalue weighted by atomic mass is 10.1. The van der Waals surface area contributed by atoms with Crippen LogP contribution in [0.5, 0.6) is 0 Å². The van der Waals surface area contributed by atoms with Crippen LogP contribution in [0, 0.1) is 0 Å². The number of nitrogens with one attached hydrogen (secondary N) is 1. The van der Waals surface area contributed by atoms with Crippen molar-refractivity contribution in [1.82, 2.24) is 5.32 Å². The van der Waals surface area contributed by atoms with Gasteiger partial charge in [0.25, 0.3) is 5.91 Å². The molecule has 1 N–H and O–H groups in total. The van der Waals surface area contributed by atoms with Gasteiger partial charge >= 0.3 is 0 Å². The normalized spacial score (nSPS) is 18.0. The number of carbonyl (C=O) groups is 1. The third-order valence-electron chi connectivity index (χ3n) is 3.84. The molecule has 1 aliphatic heterocycles. The minimum atomic E-state index is -0.0159. The van der Waals surface area contributed by atoms with E-state index >= 15 is 0 Å². The minimum Gasteiger partial charge on any atom is -0.378 e. The molecule has 0 spiro atoms. The highest BCUT2D eigenvalue weighted by molar-refractivity contribution is 9.10. The van der Waals surface area contributed by atoms with Crippen molar-refractivity contribution in [2.45, 2.75) is 25.4 Å². The fourth-order valence-electron chi connectivity index (χ4n) is 2.68. The van der Waals surface area contributed by atoms with Gasteiger partial charge < -0.3 is 10.1 Å². The zero-order valence-electron chi connectivity index (χ0n) is 11.8. The summed E-state index contributed by atoms with van der Waals surface area (Å²) in [5, 5.41) is 5.17. The molecule has 0 aliphatic carbocycles. The molecule has 1 aliphatic rings. The Morgan fingerprint density at radius 1 is 1.24 bits per heavy atom. The summed E-state index contributed by atoms with van der Waals surface area (Å²) in [7, 11) is 0. The molecule has 1 saturated heterocycles. The van der Waals surface area contributed by atoms with Crippen LogP contribution in [0.25, 0.3) is 10.8 Å². The van der Waals surface area contributed by atoms with Gasteiger partial charge in [-0.3, -0.25) is 4.79 Å². The summed E-state index contributed by atoms with van der Waals surface area (Å²) < 4.78 is 6.60. The quantitative estimate of drug-likeness (QED) is 0.910. The Kier molecular flexibility index (Phi) is 4.56. The van der Waals surface area contributed by atoms with Gasteiger partial charge in [0.1, 0.15) is 0 Å². The number of ether oxygens (including phenoxy) is 1. The number of fused-ring (bicyclic) bond motifs is 1. The van der Waals surface area contributed by atoms with Gasteiger partial charge in [-0.15, -0.1) is 0 Å². The molecule has 0 bridgehead atoms. The summed E-state index contributed by atoms with van der Waals surface area (Å²) in [6, 6.07) is 11.8. The number of halogens is 1. The van der Waals surface area contributed by atoms with Crippen LogP contribution in [-0.4, -0.2) is 25.2 Å². The van der Waals surface area contributed by atoms with E-state index in [1.54, 1.807) is 0 Å². The maximum Gasteiger partial charge on any atom is 0.251 e. The maximum absolute atomic E-state index is 12.2. The van der Waals surface area contributed by atoms with Gasteiger partial charge in [-0.2, -0.15) is 0 Å². The Bertz CT molecular complexity index is 650. The number of hydrogen-bond acceptors (Lipinski definition) is 2. The standard InChI is InChI=1S/C17H18BrNO2/c18-15-6-5-12-10-14(4-3-13(12)11-15)17(20)19-8-7-16-2-1-9-21-16/h3-6,10-11,16H,1-2,7-9H2,(H,19,20). The second-order valence-corrected chi connectivity index (χ2v) is 6.30. The Balaban J connectivity index is 1.62. The van der Waals surface area contributed by atoms with Crippen LogP contribution in [-0.2, 0) is 4.74 Å². The molecule has 110 valence electrons. The fourth-order valence-corrected chi connectivity index (χ4v) is 3.06. The monoisotopic (exact) mass is 347 g/mol. The van der Waals surface area contributed by atoms with Crippen molar-refractivity contribution in [2.24, 2.45) is 0 Å². The van der Waals surface area contributed by atoms with Crippen LogP contribution in [0.2, 0.25) is 0 Å². The van der Waals surface area contributed by atoms with Crippen LogP contribution in [0.15, 0.2) is 40.9 Å². The molecule has 1 atom stereocenters. The average molecular weight is 348 g/mol. The number of benzene rings is 2. The summed E-state index contributed by atoms with van der Waals surface area (Å²) in [4.78, 5) is 12.2. The zero-order chi connectivity index (χ0) is 14.7. The van der Waals surface area contributed by atoms with E-state index in [1.165, 1.54) is 0 Å². The lowest BCUT2D eigenvalue weighted by Crippen LogP contribution is -2.26. The maximum atomic E-state index is 12.2. The Labute approximate surface area is 132 Å². The topological polar surface area (TPSA) is 38.3 Å². The van der Waals surface area contributed by atoms with Crippen LogP contribution in [0.3, 0.4) is 0 Å². The lowest BCUT2D eigenvalue weighted by molar-refractivity contribution is 0.0907. The minimum absolute atomic E-state index is 0.0159. The van der Waals surface area contributed by atoms with Crippen molar-refractivity contribution in [3.8, 4) is 0 Å². The molecule has 3 nitrogen and oxygen atoms in total. The molecule has 0 aromatic heterocycles. The van der Waals surface area contributed by atoms with Gasteiger partial charge in [-0.25, -0.2) is 0 Å². The first kappa shape index (κ1) is 14.5. The van der Waals surface area contributed by atoms with E-state index in [-0.39, 0.29) is 5.91 Å². The van der Waals surface area contributed by atoms with Crippen molar-refractivity contribution in [3.63, 3.8) is 0 Å². The molecular weight excluding hydrogens is 330 g/mol. The Morgan fingerprint density at radius 2 is 2.05 bits per heavy atom. The van der Waals surface area contributed by atoms with E-state index in [1.807, 2.05) is 30.3 Å². The molecule has 2 aromatic rings. The van der Waals surface area contributed by atoms with Gasteiger partial charge in [0.15, 0.2) is 0 Å². The smallest absolute Gasteiger partial charge is 0.251 e. The van der Waals surface area contributed by atoms with E-state index in [2.05, 4.69) is 27.3 Å². The van der Waals surface area contributed by atoms with Gasteiger partial charge in [0.05, 0.1) is 6.10 Å². The fraction of sp³-hybridized carbons (Fsp3) is 0.353. The second kappa shape index (κ2) is 6.58. The van der Waals surface area contributed by atoms with Crippen LogP contribution in [0.4, 0.5) is 0 Å². The number of rotatable bonds is 4. The van der Waals surface area contributed by atoms with E-state index in [0.717, 1.165) is 41.1 Å². The van der Waals surface area contributed by atoms with Crippen molar-refractivity contribution in [1.29, 1.82) is 0 Å². The molecule has 2 aromatic carbocycles. The summed E-state index contributed by atoms with van der Waals surface area (Å²) >= 11 is 3.46. The van der Waals surface area contributed by atoms with Gasteiger partial charge in [0.2, 0.25) is 0 Å². The first-order valence-corrected chi connectivity index (χ1v) is 8.11. The van der Waals surface area contributed by atoms with E-state index in [9.17, 15) is 4.79 Å². The third-order valence-corrected chi connectivity index (χ3v) is 4.33. The number of hydrogen-bond donors (Lipinski definition) is 1. The van der Waals surface area contributed by atoms with Gasteiger partial charge in [-0.05, 0) is 54.3 Å². The van der Waals surface area contributed by atoms with Crippen molar-refractivity contribution >= 4 is 32.6 Å². The van der Waals surface area contributed by atoms with Crippen molar-refractivity contribution in [3.05, 3.63) is 46.4 Å². The molecule has 4 heteroatoms. The van der Waals surface area contributed by atoms with Gasteiger partial charge in [-0.1, -0.05) is 28.1 Å². The SMILES string of the molecule is O=C(NCCC1CCCO1)c1ccc2cc(Br)ccc2c1. The largest absolute Gasteiger partial charge is 0.378 e. The highest BCUT2D eigenvalue weighted by atomic mass is 79.9. The predicted octanol–water partition coefficient (Wildman–Crippen LogP) is 3.90. The van der Waals surface area contributed by atoms with E-state index < -0.39 is 0 Å². The van der Waals surface area contributed by atoms with Crippen LogP contribution in [0.1, 0.15) is 29.6 Å². The predicted molar refractivity (Wildman–Crippen MR) is 87.6 cm³/mol. The molecule has 1 unspecified atom stereocenters. The highest BCUT2D eigenvalue weighted by Gasteiger charge is 2.15. The first-order chi connectivity index (χ1) is 10.2. The number of carbonyl (C=O) groups excluding carboxylic acids is 1. The van der Waals surface area contributed by atoms with Crippen molar-refractivity contribution < 1.29 is 9.53 Å². The number of amides is 1. The lowest BCUT2D eigenvalue weighted by Gasteiger charge is -2.10. The van der Waals surface area contributed by atoms with E-state index in [4.69, 9.17) is 4.74 Å². The highest BCUT2D eigenvalue weighted by Crippen LogP contribution is 2.21. The average Bonchev–Trinajstić information content (AvgIpc) is 3.00. The molecule has 0 radical (unpaired) electrons. The molecule has 21 heavy (non-hydrogen) atoms. The molecular formula is C17H18BrNO2. The Hall–Kier alpha value is -1.39. The molecule has 0 saturated carbocycles. The summed E-state index contributed by atoms with van der Waals surface area (Å²) in [5.74, 6) is -0.0159. The van der Waals surface area contributed by atoms with Crippen molar-refractivity contribution in [2.75, 3.05) is 13.2 Å². The second-order valence-electron chi connectivity index (χ2n) is 5.39. The summed E-state index contributed by atoms with van der Waals surface area (Å²) in [5.41, 5.74) is 0.706. The van der Waals surface area contributed by atoms with Crippen LogP contribution < -0.4 is 5.32 Å². The Morgan fingerprint density at radius 3 is 2.86 bits per heavy atom. The zero-order valence-corrected chi connectivity index (χ0v) is 13.4. The van der Waals surface area contributed by atoms with E-state index in [0.29, 0.717) is 18.2 Å². The summed E-state index contributed by atoms with van der Waals surface area (Å²) in [6.45, 7) is 1.53. The molecule has 1 amide bonds. The molecule has 1 heterocycles. The first-order valence-electron chi connectivity index (χ1n) is 7.31. The molecule has 1 fully saturated rings. The third kappa shape index (κ3) is 3.63. The summed E-state index contributed by atoms with van der Waals surface area (Å²) in [6.07, 6.45) is 3.46.